The quantitative estimate of drug-likeness (QED) is 0.779. The first kappa shape index (κ1) is 20.7. The summed E-state index contributed by atoms with van der Waals surface area (Å²) in [6.07, 6.45) is 2.21. The maximum Gasteiger partial charge on any atom is 0.282 e. The SMILES string of the molecule is COc1ccc(Cl)cc1C(=O)N=c1cc(C(C)(C)C)n(C)n1C[C@@H]1CCCO1. The Morgan fingerprint density at radius 2 is 2.11 bits per heavy atom. The predicted octanol–water partition coefficient (Wildman–Crippen LogP) is 3.71. The van der Waals surface area contributed by atoms with E-state index in [-0.39, 0.29) is 17.4 Å². The molecule has 0 unspecified atom stereocenters. The van der Waals surface area contributed by atoms with Crippen molar-refractivity contribution in [2.24, 2.45) is 12.0 Å². The lowest BCUT2D eigenvalue weighted by molar-refractivity contribution is 0.0885. The van der Waals surface area contributed by atoms with E-state index < -0.39 is 0 Å². The van der Waals surface area contributed by atoms with Gasteiger partial charge in [0.1, 0.15) is 5.75 Å². The number of carbonyl (C=O) groups excluding carboxylic acids is 1. The minimum Gasteiger partial charge on any atom is -0.496 e. The van der Waals surface area contributed by atoms with Crippen molar-refractivity contribution < 1.29 is 14.3 Å². The first-order chi connectivity index (χ1) is 13.2. The number of halogens is 1. The second-order valence-corrected chi connectivity index (χ2v) is 8.58. The summed E-state index contributed by atoms with van der Waals surface area (Å²) >= 11 is 6.08. The van der Waals surface area contributed by atoms with Crippen molar-refractivity contribution in [3.05, 3.63) is 46.0 Å². The molecule has 0 saturated carbocycles. The molecule has 2 heterocycles. The summed E-state index contributed by atoms with van der Waals surface area (Å²) in [5, 5.41) is 0.468. The highest BCUT2D eigenvalue weighted by molar-refractivity contribution is 6.31. The number of benzene rings is 1. The summed E-state index contributed by atoms with van der Waals surface area (Å²) in [5.41, 5.74) is 1.96. The average Bonchev–Trinajstić information content (AvgIpc) is 3.24. The van der Waals surface area contributed by atoms with E-state index in [2.05, 4.69) is 30.4 Å². The van der Waals surface area contributed by atoms with Crippen LogP contribution < -0.4 is 10.2 Å². The van der Waals surface area contributed by atoms with Crippen molar-refractivity contribution in [1.29, 1.82) is 0 Å². The molecule has 0 aliphatic carbocycles. The highest BCUT2D eigenvalue weighted by Gasteiger charge is 2.24. The number of amides is 1. The van der Waals surface area contributed by atoms with Crippen molar-refractivity contribution in [2.45, 2.75) is 51.7 Å². The van der Waals surface area contributed by atoms with E-state index in [0.29, 0.717) is 28.4 Å². The minimum absolute atomic E-state index is 0.0857. The zero-order valence-electron chi connectivity index (χ0n) is 17.2. The van der Waals surface area contributed by atoms with Crippen LogP contribution in [0.25, 0.3) is 0 Å². The molecule has 3 rings (SSSR count). The van der Waals surface area contributed by atoms with Crippen LogP contribution in [0.3, 0.4) is 0 Å². The van der Waals surface area contributed by atoms with Crippen molar-refractivity contribution >= 4 is 17.5 Å². The third-order valence-corrected chi connectivity index (χ3v) is 5.25. The molecule has 6 nitrogen and oxygen atoms in total. The Bertz CT molecular complexity index is 931. The van der Waals surface area contributed by atoms with Crippen LogP contribution in [0.2, 0.25) is 5.02 Å². The van der Waals surface area contributed by atoms with Crippen molar-refractivity contribution in [3.8, 4) is 5.75 Å². The molecule has 0 radical (unpaired) electrons. The topological polar surface area (TPSA) is 57.8 Å². The molecule has 0 spiro atoms. The minimum atomic E-state index is -0.383. The molecule has 1 aromatic heterocycles. The standard InChI is InChI=1S/C21H28ClN3O3/c1-21(2,3)18-12-19(25(24(18)4)13-15-7-6-10-28-15)23-20(26)16-11-14(22)8-9-17(16)27-5/h8-9,11-12,15H,6-7,10,13H2,1-5H3/t15-/m0/s1. The zero-order valence-corrected chi connectivity index (χ0v) is 17.9. The third kappa shape index (κ3) is 4.33. The molecule has 1 fully saturated rings. The Labute approximate surface area is 170 Å². The lowest BCUT2D eigenvalue weighted by atomic mass is 9.92. The molecule has 2 aromatic rings. The number of aromatic nitrogens is 2. The van der Waals surface area contributed by atoms with Gasteiger partial charge in [0.25, 0.3) is 5.91 Å². The van der Waals surface area contributed by atoms with Crippen molar-refractivity contribution in [3.63, 3.8) is 0 Å². The van der Waals surface area contributed by atoms with Crippen molar-refractivity contribution in [2.75, 3.05) is 13.7 Å². The molecule has 28 heavy (non-hydrogen) atoms. The van der Waals surface area contributed by atoms with E-state index in [4.69, 9.17) is 21.1 Å². The highest BCUT2D eigenvalue weighted by atomic mass is 35.5. The number of carbonyl (C=O) groups is 1. The van der Waals surface area contributed by atoms with Gasteiger partial charge in [-0.2, -0.15) is 4.99 Å². The van der Waals surface area contributed by atoms with Crippen LogP contribution >= 0.6 is 11.6 Å². The summed E-state index contributed by atoms with van der Waals surface area (Å²) < 4.78 is 15.2. The third-order valence-electron chi connectivity index (χ3n) is 5.02. The first-order valence-electron chi connectivity index (χ1n) is 9.52. The van der Waals surface area contributed by atoms with Gasteiger partial charge in [-0.1, -0.05) is 32.4 Å². The fourth-order valence-corrected chi connectivity index (χ4v) is 3.75. The Morgan fingerprint density at radius 3 is 2.71 bits per heavy atom. The molecule has 1 saturated heterocycles. The van der Waals surface area contributed by atoms with Gasteiger partial charge in [0.05, 0.1) is 25.3 Å². The van der Waals surface area contributed by atoms with Crippen LogP contribution in [-0.4, -0.2) is 35.1 Å². The normalized spacial score (nSPS) is 17.9. The molecule has 1 aliphatic rings. The molecule has 0 bridgehead atoms. The van der Waals surface area contributed by atoms with Gasteiger partial charge in [-0.05, 0) is 31.0 Å². The summed E-state index contributed by atoms with van der Waals surface area (Å²) in [7, 11) is 3.52. The van der Waals surface area contributed by atoms with Gasteiger partial charge in [-0.25, -0.2) is 0 Å². The lowest BCUT2D eigenvalue weighted by Gasteiger charge is -2.21. The molecule has 7 heteroatoms. The Kier molecular flexibility index (Phi) is 6.01. The number of nitrogens with zero attached hydrogens (tertiary/aromatic N) is 3. The molecule has 152 valence electrons. The second-order valence-electron chi connectivity index (χ2n) is 8.14. The van der Waals surface area contributed by atoms with E-state index in [0.717, 1.165) is 25.1 Å². The van der Waals surface area contributed by atoms with Crippen LogP contribution in [0.5, 0.6) is 5.75 Å². The summed E-state index contributed by atoms with van der Waals surface area (Å²) in [5.74, 6) is 0.0716. The maximum absolute atomic E-state index is 12.9. The van der Waals surface area contributed by atoms with Crippen LogP contribution in [0.15, 0.2) is 29.3 Å². The summed E-state index contributed by atoms with van der Waals surface area (Å²) in [6, 6.07) is 6.93. The van der Waals surface area contributed by atoms with Gasteiger partial charge >= 0.3 is 0 Å². The summed E-state index contributed by atoms with van der Waals surface area (Å²) in [4.78, 5) is 17.4. The number of ether oxygens (including phenoxy) is 2. The maximum atomic E-state index is 12.9. The highest BCUT2D eigenvalue weighted by Crippen LogP contribution is 2.24. The molecule has 1 atom stereocenters. The Hall–Kier alpha value is -2.05. The largest absolute Gasteiger partial charge is 0.496 e. The van der Waals surface area contributed by atoms with E-state index >= 15 is 0 Å². The van der Waals surface area contributed by atoms with Gasteiger partial charge in [0, 0.05) is 35.9 Å². The van der Waals surface area contributed by atoms with Crippen molar-refractivity contribution in [1.82, 2.24) is 9.36 Å². The number of hydrogen-bond donors (Lipinski definition) is 0. The molecule has 1 amide bonds. The predicted molar refractivity (Wildman–Crippen MR) is 109 cm³/mol. The van der Waals surface area contributed by atoms with Gasteiger partial charge in [-0.3, -0.25) is 14.2 Å². The van der Waals surface area contributed by atoms with Gasteiger partial charge < -0.3 is 9.47 Å². The first-order valence-corrected chi connectivity index (χ1v) is 9.90. The zero-order chi connectivity index (χ0) is 20.5. The molecule has 1 aliphatic heterocycles. The second kappa shape index (κ2) is 8.13. The van der Waals surface area contributed by atoms with E-state index in [9.17, 15) is 4.79 Å². The smallest absolute Gasteiger partial charge is 0.282 e. The van der Waals surface area contributed by atoms with Crippen LogP contribution in [0, 0.1) is 0 Å². The number of hydrogen-bond acceptors (Lipinski definition) is 3. The van der Waals surface area contributed by atoms with E-state index in [1.54, 1.807) is 18.2 Å². The average molecular weight is 406 g/mol. The Balaban J connectivity index is 2.08. The van der Waals surface area contributed by atoms with Crippen LogP contribution in [-0.2, 0) is 23.7 Å². The fourth-order valence-electron chi connectivity index (χ4n) is 3.57. The van der Waals surface area contributed by atoms with Gasteiger partial charge in [-0.15, -0.1) is 0 Å². The molecular formula is C21H28ClN3O3. The molecule has 0 N–H and O–H groups in total. The van der Waals surface area contributed by atoms with E-state index in [1.807, 2.05) is 17.8 Å². The van der Waals surface area contributed by atoms with Gasteiger partial charge in [0.2, 0.25) is 0 Å². The van der Waals surface area contributed by atoms with Crippen LogP contribution in [0.1, 0.15) is 49.7 Å². The molecule has 1 aromatic carbocycles. The Morgan fingerprint density at radius 1 is 1.36 bits per heavy atom. The number of methoxy groups -OCH3 is 1. The van der Waals surface area contributed by atoms with E-state index in [1.165, 1.54) is 7.11 Å². The number of rotatable bonds is 4. The monoisotopic (exact) mass is 405 g/mol. The fraction of sp³-hybridized carbons (Fsp3) is 0.524. The van der Waals surface area contributed by atoms with Gasteiger partial charge in [0.15, 0.2) is 5.49 Å². The lowest BCUT2D eigenvalue weighted by Crippen LogP contribution is -2.30. The summed E-state index contributed by atoms with van der Waals surface area (Å²) in [6.45, 7) is 7.87. The van der Waals surface area contributed by atoms with Crippen LogP contribution in [0.4, 0.5) is 0 Å². The molecular weight excluding hydrogens is 378 g/mol.